The van der Waals surface area contributed by atoms with Crippen molar-refractivity contribution in [2.45, 2.75) is 19.4 Å². The summed E-state index contributed by atoms with van der Waals surface area (Å²) in [6, 6.07) is 7.56. The average Bonchev–Trinajstić information content (AvgIpc) is 2.90. The van der Waals surface area contributed by atoms with Crippen LogP contribution < -0.4 is 5.48 Å². The van der Waals surface area contributed by atoms with Gasteiger partial charge in [-0.25, -0.2) is 4.63 Å². The highest BCUT2D eigenvalue weighted by Crippen LogP contribution is 2.21. The van der Waals surface area contributed by atoms with E-state index in [0.717, 1.165) is 29.8 Å². The molecule has 0 saturated heterocycles. The molecule has 1 heterocycles. The van der Waals surface area contributed by atoms with Crippen molar-refractivity contribution in [3.05, 3.63) is 52.3 Å². The van der Waals surface area contributed by atoms with E-state index in [4.69, 9.17) is 21.1 Å². The molecule has 19 heavy (non-hydrogen) atoms. The highest BCUT2D eigenvalue weighted by molar-refractivity contribution is 6.31. The molecule has 0 amide bonds. The number of aryl methyl sites for hydroxylation is 1. The van der Waals surface area contributed by atoms with Crippen molar-refractivity contribution >= 4 is 17.3 Å². The van der Waals surface area contributed by atoms with Gasteiger partial charge in [0.05, 0.1) is 5.70 Å². The first-order valence-corrected chi connectivity index (χ1v) is 6.35. The number of nitrogens with one attached hydrogen (secondary N) is 1. The maximum Gasteiger partial charge on any atom is 0.156 e. The van der Waals surface area contributed by atoms with Gasteiger partial charge >= 0.3 is 0 Å². The van der Waals surface area contributed by atoms with Gasteiger partial charge in [0, 0.05) is 5.02 Å². The number of halogens is 1. The van der Waals surface area contributed by atoms with Gasteiger partial charge in [-0.15, -0.1) is 0 Å². The number of hydroxylamine groups is 1. The van der Waals surface area contributed by atoms with Crippen LogP contribution >= 0.6 is 11.6 Å². The minimum absolute atomic E-state index is 0.373. The third-order valence-electron chi connectivity index (χ3n) is 2.91. The second kappa shape index (κ2) is 5.42. The Morgan fingerprint density at radius 1 is 1.32 bits per heavy atom. The summed E-state index contributed by atoms with van der Waals surface area (Å²) in [5.74, 6) is 0. The maximum atomic E-state index is 6.05. The van der Waals surface area contributed by atoms with E-state index < -0.39 is 0 Å². The van der Waals surface area contributed by atoms with E-state index in [1.165, 1.54) is 0 Å². The molecular formula is C13H12ClN3O2. The zero-order valence-corrected chi connectivity index (χ0v) is 10.9. The van der Waals surface area contributed by atoms with Gasteiger partial charge in [-0.1, -0.05) is 41.0 Å². The van der Waals surface area contributed by atoms with Crippen LogP contribution in [-0.4, -0.2) is 10.3 Å². The number of hydrogen-bond acceptors (Lipinski definition) is 5. The highest BCUT2D eigenvalue weighted by atomic mass is 35.5. The molecule has 0 saturated carbocycles. The van der Waals surface area contributed by atoms with E-state index >= 15 is 0 Å². The van der Waals surface area contributed by atoms with Gasteiger partial charge in [0.15, 0.2) is 5.69 Å². The Morgan fingerprint density at radius 3 is 3.11 bits per heavy atom. The van der Waals surface area contributed by atoms with Crippen molar-refractivity contribution in [2.75, 3.05) is 0 Å². The van der Waals surface area contributed by atoms with E-state index in [-0.39, 0.29) is 0 Å². The molecule has 5 nitrogen and oxygen atoms in total. The van der Waals surface area contributed by atoms with Crippen LogP contribution in [-0.2, 0) is 17.9 Å². The second-order valence-electron chi connectivity index (χ2n) is 4.20. The van der Waals surface area contributed by atoms with Gasteiger partial charge < -0.3 is 0 Å². The number of nitrogens with zero attached hydrogens (tertiary/aromatic N) is 2. The Labute approximate surface area is 115 Å². The SMILES string of the molecule is Clc1ccccc1CONC1=CCCc2nonc21. The first kappa shape index (κ1) is 12.2. The zero-order chi connectivity index (χ0) is 13.1. The van der Waals surface area contributed by atoms with E-state index in [9.17, 15) is 0 Å². The Morgan fingerprint density at radius 2 is 2.21 bits per heavy atom. The summed E-state index contributed by atoms with van der Waals surface area (Å²) in [5, 5.41) is 8.39. The number of aromatic nitrogens is 2. The molecule has 6 heteroatoms. The summed E-state index contributed by atoms with van der Waals surface area (Å²) in [7, 11) is 0. The van der Waals surface area contributed by atoms with Crippen LogP contribution in [0.15, 0.2) is 35.0 Å². The van der Waals surface area contributed by atoms with Crippen LogP contribution in [0.1, 0.15) is 23.4 Å². The molecule has 1 aliphatic carbocycles. The van der Waals surface area contributed by atoms with Crippen molar-refractivity contribution in [1.82, 2.24) is 15.8 Å². The molecule has 0 fully saturated rings. The Bertz CT molecular complexity index is 609. The predicted octanol–water partition coefficient (Wildman–Crippen LogP) is 2.73. The normalized spacial score (nSPS) is 13.8. The monoisotopic (exact) mass is 277 g/mol. The molecular weight excluding hydrogens is 266 g/mol. The summed E-state index contributed by atoms with van der Waals surface area (Å²) in [6.45, 7) is 0.373. The molecule has 0 spiro atoms. The minimum Gasteiger partial charge on any atom is -0.271 e. The first-order chi connectivity index (χ1) is 9.34. The van der Waals surface area contributed by atoms with Gasteiger partial charge in [0.2, 0.25) is 0 Å². The summed E-state index contributed by atoms with van der Waals surface area (Å²) in [6.07, 6.45) is 3.74. The first-order valence-electron chi connectivity index (χ1n) is 5.98. The number of allylic oxidation sites excluding steroid dienone is 1. The summed E-state index contributed by atoms with van der Waals surface area (Å²) in [4.78, 5) is 5.45. The fraction of sp³-hybridized carbons (Fsp3) is 0.231. The average molecular weight is 278 g/mol. The van der Waals surface area contributed by atoms with Crippen LogP contribution in [0.4, 0.5) is 0 Å². The van der Waals surface area contributed by atoms with Crippen molar-refractivity contribution in [3.8, 4) is 0 Å². The number of benzene rings is 1. The largest absolute Gasteiger partial charge is 0.271 e. The van der Waals surface area contributed by atoms with E-state index in [1.807, 2.05) is 30.3 Å². The zero-order valence-electron chi connectivity index (χ0n) is 10.1. The van der Waals surface area contributed by atoms with Crippen molar-refractivity contribution < 1.29 is 9.47 Å². The lowest BCUT2D eigenvalue weighted by Crippen LogP contribution is -2.16. The molecule has 0 radical (unpaired) electrons. The summed E-state index contributed by atoms with van der Waals surface area (Å²) < 4.78 is 4.72. The van der Waals surface area contributed by atoms with Gasteiger partial charge in [0.1, 0.15) is 12.3 Å². The molecule has 1 aliphatic rings. The van der Waals surface area contributed by atoms with Crippen LogP contribution in [0.3, 0.4) is 0 Å². The predicted molar refractivity (Wildman–Crippen MR) is 70.0 cm³/mol. The maximum absolute atomic E-state index is 6.05. The lowest BCUT2D eigenvalue weighted by Gasteiger charge is -2.13. The second-order valence-corrected chi connectivity index (χ2v) is 4.61. The standard InChI is InChI=1S/C13H12ClN3O2/c14-10-5-2-1-4-9(10)8-18-15-11-6-3-7-12-13(11)17-19-16-12/h1-2,4-6,15H,3,7-8H2. The summed E-state index contributed by atoms with van der Waals surface area (Å²) >= 11 is 6.05. The third-order valence-corrected chi connectivity index (χ3v) is 3.28. The summed E-state index contributed by atoms with van der Waals surface area (Å²) in [5.41, 5.74) is 6.16. The molecule has 1 aromatic heterocycles. The molecule has 98 valence electrons. The topological polar surface area (TPSA) is 60.2 Å². The minimum atomic E-state index is 0.373. The van der Waals surface area contributed by atoms with Crippen molar-refractivity contribution in [3.63, 3.8) is 0 Å². The molecule has 0 atom stereocenters. The quantitative estimate of drug-likeness (QED) is 0.871. The lowest BCUT2D eigenvalue weighted by molar-refractivity contribution is 0.0640. The molecule has 0 aliphatic heterocycles. The smallest absolute Gasteiger partial charge is 0.156 e. The highest BCUT2D eigenvalue weighted by Gasteiger charge is 2.18. The Hall–Kier alpha value is -1.85. The van der Waals surface area contributed by atoms with Gasteiger partial charge in [0.25, 0.3) is 0 Å². The molecule has 0 unspecified atom stereocenters. The van der Waals surface area contributed by atoms with E-state index in [2.05, 4.69) is 15.8 Å². The third kappa shape index (κ3) is 2.62. The van der Waals surface area contributed by atoms with E-state index in [0.29, 0.717) is 17.3 Å². The fourth-order valence-electron chi connectivity index (χ4n) is 1.92. The van der Waals surface area contributed by atoms with Crippen LogP contribution in [0.5, 0.6) is 0 Å². The van der Waals surface area contributed by atoms with Crippen LogP contribution in [0.2, 0.25) is 5.02 Å². The van der Waals surface area contributed by atoms with Crippen LogP contribution in [0.25, 0.3) is 5.70 Å². The molecule has 3 rings (SSSR count). The fourth-order valence-corrected chi connectivity index (χ4v) is 2.11. The molecule has 1 N–H and O–H groups in total. The Kier molecular flexibility index (Phi) is 3.48. The molecule has 0 bridgehead atoms. The molecule has 2 aromatic rings. The van der Waals surface area contributed by atoms with Gasteiger partial charge in [-0.3, -0.25) is 10.3 Å². The van der Waals surface area contributed by atoms with Gasteiger partial charge in [-0.05, 0) is 29.6 Å². The number of rotatable bonds is 4. The van der Waals surface area contributed by atoms with Crippen molar-refractivity contribution in [1.29, 1.82) is 0 Å². The van der Waals surface area contributed by atoms with Gasteiger partial charge in [-0.2, -0.15) is 0 Å². The Balaban J connectivity index is 1.62. The lowest BCUT2D eigenvalue weighted by atomic mass is 10.1. The van der Waals surface area contributed by atoms with E-state index in [1.54, 1.807) is 0 Å². The number of hydrogen-bond donors (Lipinski definition) is 1. The van der Waals surface area contributed by atoms with Crippen LogP contribution in [0, 0.1) is 0 Å². The molecule has 1 aromatic carbocycles. The number of fused-ring (bicyclic) bond motifs is 1. The van der Waals surface area contributed by atoms with Crippen molar-refractivity contribution in [2.24, 2.45) is 0 Å².